The number of nitrogens with zero attached hydrogens (tertiary/aromatic N) is 5. The Kier molecular flexibility index (Phi) is 5.62. The average molecular weight is 507 g/mol. The van der Waals surface area contributed by atoms with Crippen LogP contribution >= 0.6 is 11.3 Å². The highest BCUT2D eigenvalue weighted by atomic mass is 32.1. The quantitative estimate of drug-likeness (QED) is 0.274. The molecule has 37 heavy (non-hydrogen) atoms. The zero-order valence-electron chi connectivity index (χ0n) is 19.8. The number of nitrogens with two attached hydrogens (primary N) is 1. The number of aryl methyl sites for hydroxylation is 1. The number of imidazole rings is 1. The lowest BCUT2D eigenvalue weighted by Gasteiger charge is -2.06. The molecule has 1 amide bonds. The number of nitrogens with one attached hydrogen (secondary N) is 2. The second-order valence-corrected chi connectivity index (χ2v) is 9.24. The van der Waals surface area contributed by atoms with Crippen LogP contribution in [0.4, 0.5) is 22.3 Å². The molecule has 0 spiro atoms. The summed E-state index contributed by atoms with van der Waals surface area (Å²) < 4.78 is 3.67. The van der Waals surface area contributed by atoms with Gasteiger partial charge < -0.3 is 16.4 Å². The molecule has 0 aliphatic carbocycles. The van der Waals surface area contributed by atoms with Crippen LogP contribution < -0.4 is 16.4 Å². The van der Waals surface area contributed by atoms with E-state index in [1.165, 1.54) is 11.3 Å². The lowest BCUT2D eigenvalue weighted by molar-refractivity contribution is 0.102. The van der Waals surface area contributed by atoms with Gasteiger partial charge in [0.25, 0.3) is 5.91 Å². The van der Waals surface area contributed by atoms with E-state index < -0.39 is 0 Å². The fraction of sp³-hybridized carbons (Fsp3) is 0.0370. The Hall–Kier alpha value is -4.96. The zero-order chi connectivity index (χ0) is 25.4. The molecule has 0 unspecified atom stereocenters. The SMILES string of the molecule is Cc1nc2ccccn2c1-c1csc(Nc2ccc(C(=O)Nc3nn(-c4ccccc4)cc3N)cc2)n1. The van der Waals surface area contributed by atoms with Crippen LogP contribution in [0.1, 0.15) is 16.1 Å². The summed E-state index contributed by atoms with van der Waals surface area (Å²) in [7, 11) is 0. The minimum Gasteiger partial charge on any atom is -0.394 e. The second kappa shape index (κ2) is 9.25. The van der Waals surface area contributed by atoms with Gasteiger partial charge in [0.05, 0.1) is 29.0 Å². The van der Waals surface area contributed by atoms with Gasteiger partial charge in [-0.3, -0.25) is 9.20 Å². The number of hydrogen-bond acceptors (Lipinski definition) is 7. The van der Waals surface area contributed by atoms with Gasteiger partial charge in [0.15, 0.2) is 10.9 Å². The molecule has 0 saturated carbocycles. The number of thiazole rings is 1. The highest BCUT2D eigenvalue weighted by Gasteiger charge is 2.15. The van der Waals surface area contributed by atoms with Crippen molar-refractivity contribution >= 4 is 45.2 Å². The largest absolute Gasteiger partial charge is 0.394 e. The number of rotatable bonds is 6. The van der Waals surface area contributed by atoms with E-state index >= 15 is 0 Å². The van der Waals surface area contributed by atoms with E-state index in [2.05, 4.69) is 20.7 Å². The van der Waals surface area contributed by atoms with Gasteiger partial charge >= 0.3 is 0 Å². The number of nitrogen functional groups attached to an aromatic ring is 1. The fourth-order valence-corrected chi connectivity index (χ4v) is 4.78. The molecule has 9 nitrogen and oxygen atoms in total. The van der Waals surface area contributed by atoms with E-state index in [9.17, 15) is 4.79 Å². The monoisotopic (exact) mass is 506 g/mol. The number of fused-ring (bicyclic) bond motifs is 1. The van der Waals surface area contributed by atoms with E-state index in [-0.39, 0.29) is 5.91 Å². The predicted octanol–water partition coefficient (Wildman–Crippen LogP) is 5.53. The maximum absolute atomic E-state index is 12.8. The fourth-order valence-electron chi connectivity index (χ4n) is 4.07. The van der Waals surface area contributed by atoms with E-state index in [1.54, 1.807) is 23.0 Å². The molecule has 6 aromatic rings. The highest BCUT2D eigenvalue weighted by Crippen LogP contribution is 2.30. The molecule has 4 aromatic heterocycles. The van der Waals surface area contributed by atoms with Crippen molar-refractivity contribution in [2.45, 2.75) is 6.92 Å². The number of amides is 1. The van der Waals surface area contributed by atoms with Gasteiger partial charge in [0.2, 0.25) is 0 Å². The van der Waals surface area contributed by atoms with Crippen LogP contribution in [0.25, 0.3) is 22.7 Å². The summed E-state index contributed by atoms with van der Waals surface area (Å²) in [6.07, 6.45) is 3.66. The van der Waals surface area contributed by atoms with Crippen molar-refractivity contribution in [3.8, 4) is 17.1 Å². The molecule has 0 aliphatic rings. The molecule has 10 heteroatoms. The first-order valence-electron chi connectivity index (χ1n) is 11.5. The van der Waals surface area contributed by atoms with E-state index in [1.807, 2.05) is 83.6 Å². The maximum Gasteiger partial charge on any atom is 0.256 e. The molecule has 0 bridgehead atoms. The molecule has 0 aliphatic heterocycles. The van der Waals surface area contributed by atoms with Gasteiger partial charge in [-0.1, -0.05) is 24.3 Å². The second-order valence-electron chi connectivity index (χ2n) is 8.38. The summed E-state index contributed by atoms with van der Waals surface area (Å²) in [5.41, 5.74) is 12.3. The number of carbonyl (C=O) groups is 1. The minimum absolute atomic E-state index is 0.295. The standard InChI is InChI=1S/C27H22N8OS/c1-17-24(34-14-6-5-9-23(34)29-17)22-16-37-27(31-22)30-19-12-10-18(11-13-19)26(36)32-25-21(28)15-35(33-25)20-7-3-2-4-8-20/h2-16H,28H2,1H3,(H,30,31)(H,32,33,36). The third-order valence-corrected chi connectivity index (χ3v) is 6.60. The van der Waals surface area contributed by atoms with E-state index in [0.717, 1.165) is 39.2 Å². The molecule has 6 rings (SSSR count). The molecule has 0 saturated heterocycles. The number of carbonyl (C=O) groups excluding carboxylic acids is 1. The Labute approximate surface area is 216 Å². The topological polar surface area (TPSA) is 115 Å². The van der Waals surface area contributed by atoms with Gasteiger partial charge in [-0.05, 0) is 55.5 Å². The Bertz CT molecular complexity index is 1720. The maximum atomic E-state index is 12.8. The third-order valence-electron chi connectivity index (χ3n) is 5.84. The molecular weight excluding hydrogens is 484 g/mol. The van der Waals surface area contributed by atoms with Crippen LogP contribution in [0.5, 0.6) is 0 Å². The Morgan fingerprint density at radius 2 is 1.76 bits per heavy atom. The first kappa shape index (κ1) is 22.5. The van der Waals surface area contributed by atoms with Crippen LogP contribution in [0, 0.1) is 6.92 Å². The molecule has 0 atom stereocenters. The Morgan fingerprint density at radius 3 is 2.57 bits per heavy atom. The first-order valence-corrected chi connectivity index (χ1v) is 12.4. The van der Waals surface area contributed by atoms with Crippen molar-refractivity contribution in [1.29, 1.82) is 0 Å². The lowest BCUT2D eigenvalue weighted by atomic mass is 10.2. The van der Waals surface area contributed by atoms with Crippen molar-refractivity contribution in [3.63, 3.8) is 0 Å². The third kappa shape index (κ3) is 4.41. The lowest BCUT2D eigenvalue weighted by Crippen LogP contribution is -2.13. The van der Waals surface area contributed by atoms with Crippen molar-refractivity contribution in [1.82, 2.24) is 24.1 Å². The first-order chi connectivity index (χ1) is 18.0. The summed E-state index contributed by atoms with van der Waals surface area (Å²) in [5, 5.41) is 13.3. The molecule has 4 N–H and O–H groups in total. The van der Waals surface area contributed by atoms with Crippen LogP contribution in [0.2, 0.25) is 0 Å². The molecule has 0 fully saturated rings. The number of benzene rings is 2. The highest BCUT2D eigenvalue weighted by molar-refractivity contribution is 7.14. The molecular formula is C27H22N8OS. The summed E-state index contributed by atoms with van der Waals surface area (Å²) in [4.78, 5) is 22.2. The summed E-state index contributed by atoms with van der Waals surface area (Å²) >= 11 is 1.51. The van der Waals surface area contributed by atoms with Crippen LogP contribution in [0.3, 0.4) is 0 Å². The van der Waals surface area contributed by atoms with Crippen LogP contribution in [-0.4, -0.2) is 30.1 Å². The summed E-state index contributed by atoms with van der Waals surface area (Å²) in [6, 6.07) is 22.6. The van der Waals surface area contributed by atoms with Gasteiger partial charge in [-0.15, -0.1) is 16.4 Å². The van der Waals surface area contributed by atoms with E-state index in [0.29, 0.717) is 17.1 Å². The minimum atomic E-state index is -0.295. The van der Waals surface area contributed by atoms with Crippen LogP contribution in [-0.2, 0) is 0 Å². The van der Waals surface area contributed by atoms with Crippen LogP contribution in [0.15, 0.2) is 90.6 Å². The van der Waals surface area contributed by atoms with Crippen molar-refractivity contribution in [2.24, 2.45) is 0 Å². The van der Waals surface area contributed by atoms with Gasteiger partial charge in [0.1, 0.15) is 11.3 Å². The van der Waals surface area contributed by atoms with Crippen molar-refractivity contribution < 1.29 is 4.79 Å². The molecule has 182 valence electrons. The predicted molar refractivity (Wildman–Crippen MR) is 147 cm³/mol. The van der Waals surface area contributed by atoms with Gasteiger partial charge in [-0.2, -0.15) is 0 Å². The number of para-hydroxylation sites is 1. The van der Waals surface area contributed by atoms with E-state index in [4.69, 9.17) is 10.7 Å². The molecule has 4 heterocycles. The van der Waals surface area contributed by atoms with Gasteiger partial charge in [-0.25, -0.2) is 14.6 Å². The summed E-state index contributed by atoms with van der Waals surface area (Å²) in [5.74, 6) is 0.0187. The number of hydrogen-bond donors (Lipinski definition) is 3. The van der Waals surface area contributed by atoms with Gasteiger partial charge in [0, 0.05) is 22.8 Å². The number of anilines is 4. The zero-order valence-corrected chi connectivity index (χ0v) is 20.6. The Balaban J connectivity index is 1.15. The molecule has 0 radical (unpaired) electrons. The Morgan fingerprint density at radius 1 is 0.973 bits per heavy atom. The summed E-state index contributed by atoms with van der Waals surface area (Å²) in [6.45, 7) is 1.98. The molecule has 2 aromatic carbocycles. The smallest absolute Gasteiger partial charge is 0.256 e. The number of aromatic nitrogens is 5. The number of pyridine rings is 1. The van der Waals surface area contributed by atoms with Crippen molar-refractivity contribution in [3.05, 3.63) is 102 Å². The van der Waals surface area contributed by atoms with Crippen molar-refractivity contribution in [2.75, 3.05) is 16.4 Å². The average Bonchev–Trinajstić information content (AvgIpc) is 3.61. The normalized spacial score (nSPS) is 11.1.